The lowest BCUT2D eigenvalue weighted by molar-refractivity contribution is 0.0270. The Morgan fingerprint density at radius 1 is 0.783 bits per heavy atom. The lowest BCUT2D eigenvalue weighted by Gasteiger charge is -2.45. The van der Waals surface area contributed by atoms with Crippen LogP contribution in [0.2, 0.25) is 0 Å². The minimum Gasteiger partial charge on any atom is -0.465 e. The standard InChI is InChI=1S/C40H44N4O2/c1-39(2,3)37(44(38(45)46)35-24-26-42(27-25-35)28-31-16-8-4-9-17-31)36-29-43(30-41-36)40(32-18-10-5-11-19-32,33-20-12-6-13-21-33)34-22-14-7-15-23-34/h4-23,29-30,35,37H,24-28H2,1-3H3,(H,45,46). The van der Waals surface area contributed by atoms with Crippen LogP contribution in [0, 0.1) is 5.41 Å². The van der Waals surface area contributed by atoms with Crippen LogP contribution in [-0.4, -0.2) is 49.7 Å². The Labute approximate surface area is 273 Å². The van der Waals surface area contributed by atoms with Crippen molar-refractivity contribution in [3.63, 3.8) is 0 Å². The third-order valence-corrected chi connectivity index (χ3v) is 9.36. The van der Waals surface area contributed by atoms with E-state index in [0.29, 0.717) is 0 Å². The summed E-state index contributed by atoms with van der Waals surface area (Å²) in [6, 6.07) is 41.5. The third-order valence-electron chi connectivity index (χ3n) is 9.36. The number of imidazole rings is 1. The summed E-state index contributed by atoms with van der Waals surface area (Å²) in [4.78, 5) is 22.4. The quantitative estimate of drug-likeness (QED) is 0.170. The van der Waals surface area contributed by atoms with Crippen LogP contribution in [0.1, 0.15) is 67.6 Å². The van der Waals surface area contributed by atoms with E-state index in [1.165, 1.54) is 5.56 Å². The Balaban J connectivity index is 1.40. The predicted molar refractivity (Wildman–Crippen MR) is 184 cm³/mol. The van der Waals surface area contributed by atoms with E-state index in [9.17, 15) is 9.90 Å². The van der Waals surface area contributed by atoms with Gasteiger partial charge in [0, 0.05) is 31.9 Å². The molecule has 0 aliphatic carbocycles. The maximum Gasteiger partial charge on any atom is 0.408 e. The summed E-state index contributed by atoms with van der Waals surface area (Å²) in [5.41, 5.74) is 4.24. The summed E-state index contributed by atoms with van der Waals surface area (Å²) in [6.45, 7) is 8.96. The Morgan fingerprint density at radius 2 is 1.24 bits per heavy atom. The van der Waals surface area contributed by atoms with E-state index in [2.05, 4.69) is 133 Å². The van der Waals surface area contributed by atoms with Crippen LogP contribution in [0.15, 0.2) is 134 Å². The first-order valence-corrected chi connectivity index (χ1v) is 16.3. The number of aromatic nitrogens is 2. The second-order valence-electron chi connectivity index (χ2n) is 13.5. The summed E-state index contributed by atoms with van der Waals surface area (Å²) in [6.07, 6.45) is 4.66. The number of hydrogen-bond acceptors (Lipinski definition) is 3. The van der Waals surface area contributed by atoms with Crippen LogP contribution in [0.5, 0.6) is 0 Å². The topological polar surface area (TPSA) is 61.6 Å². The first-order chi connectivity index (χ1) is 22.3. The highest BCUT2D eigenvalue weighted by Gasteiger charge is 2.43. The summed E-state index contributed by atoms with van der Waals surface area (Å²) in [5, 5.41) is 10.8. The van der Waals surface area contributed by atoms with Gasteiger partial charge in [0.15, 0.2) is 0 Å². The number of carboxylic acid groups (broad SMARTS) is 1. The molecule has 5 aromatic rings. The summed E-state index contributed by atoms with van der Waals surface area (Å²) < 4.78 is 2.18. The SMILES string of the molecule is CC(C)(C)C(c1cn(C(c2ccccc2)(c2ccccc2)c2ccccc2)cn1)N(C(=O)O)C1CCN(Cc2ccccc2)CC1. The molecule has 4 aromatic carbocycles. The molecule has 1 aliphatic rings. The van der Waals surface area contributed by atoms with Crippen molar-refractivity contribution < 1.29 is 9.90 Å². The van der Waals surface area contributed by atoms with Gasteiger partial charge in [-0.15, -0.1) is 0 Å². The van der Waals surface area contributed by atoms with Gasteiger partial charge in [0.2, 0.25) is 0 Å². The molecule has 1 aromatic heterocycles. The molecule has 46 heavy (non-hydrogen) atoms. The highest BCUT2D eigenvalue weighted by molar-refractivity contribution is 5.66. The molecule has 1 N–H and O–H groups in total. The Hall–Kier alpha value is -4.68. The molecule has 1 unspecified atom stereocenters. The van der Waals surface area contributed by atoms with Crippen LogP contribution in [0.4, 0.5) is 4.79 Å². The number of likely N-dealkylation sites (tertiary alicyclic amines) is 1. The highest BCUT2D eigenvalue weighted by atomic mass is 16.4. The molecule has 6 rings (SSSR count). The number of benzene rings is 4. The van der Waals surface area contributed by atoms with E-state index in [0.717, 1.165) is 54.9 Å². The normalized spacial score (nSPS) is 15.4. The van der Waals surface area contributed by atoms with Crippen molar-refractivity contribution in [2.75, 3.05) is 13.1 Å². The molecule has 0 bridgehead atoms. The van der Waals surface area contributed by atoms with Gasteiger partial charge in [0.25, 0.3) is 0 Å². The van der Waals surface area contributed by atoms with Crippen LogP contribution in [-0.2, 0) is 12.1 Å². The Morgan fingerprint density at radius 3 is 1.67 bits per heavy atom. The van der Waals surface area contributed by atoms with Gasteiger partial charge >= 0.3 is 6.09 Å². The molecular formula is C40H44N4O2. The van der Waals surface area contributed by atoms with E-state index in [1.54, 1.807) is 4.90 Å². The van der Waals surface area contributed by atoms with Gasteiger partial charge in [-0.2, -0.15) is 0 Å². The van der Waals surface area contributed by atoms with Crippen LogP contribution < -0.4 is 0 Å². The Kier molecular flexibility index (Phi) is 9.09. The molecular weight excluding hydrogens is 568 g/mol. The molecule has 1 fully saturated rings. The van der Waals surface area contributed by atoms with Crippen molar-refractivity contribution in [3.8, 4) is 0 Å². The smallest absolute Gasteiger partial charge is 0.408 e. The van der Waals surface area contributed by atoms with Gasteiger partial charge in [-0.1, -0.05) is 142 Å². The number of amides is 1. The molecule has 0 radical (unpaired) electrons. The largest absolute Gasteiger partial charge is 0.465 e. The maximum atomic E-state index is 13.2. The van der Waals surface area contributed by atoms with E-state index < -0.39 is 23.1 Å². The second-order valence-corrected chi connectivity index (χ2v) is 13.5. The molecule has 1 atom stereocenters. The fraction of sp³-hybridized carbons (Fsp3) is 0.300. The second kappa shape index (κ2) is 13.4. The molecule has 236 valence electrons. The molecule has 1 saturated heterocycles. The van der Waals surface area contributed by atoms with Crippen LogP contribution >= 0.6 is 0 Å². The van der Waals surface area contributed by atoms with Crippen LogP contribution in [0.3, 0.4) is 0 Å². The van der Waals surface area contributed by atoms with Gasteiger partial charge in [-0.05, 0) is 40.5 Å². The van der Waals surface area contributed by atoms with E-state index in [1.807, 2.05) is 30.6 Å². The zero-order chi connectivity index (χ0) is 32.1. The summed E-state index contributed by atoms with van der Waals surface area (Å²) >= 11 is 0. The van der Waals surface area contributed by atoms with Crippen molar-refractivity contribution >= 4 is 6.09 Å². The number of nitrogens with zero attached hydrogens (tertiary/aromatic N) is 4. The fourth-order valence-corrected chi connectivity index (χ4v) is 7.33. The van der Waals surface area contributed by atoms with Crippen molar-refractivity contribution in [2.45, 2.75) is 57.8 Å². The lowest BCUT2D eigenvalue weighted by Crippen LogP contribution is -2.51. The molecule has 0 saturated carbocycles. The average molecular weight is 613 g/mol. The van der Waals surface area contributed by atoms with E-state index >= 15 is 0 Å². The summed E-state index contributed by atoms with van der Waals surface area (Å²) in [5.74, 6) is 0. The van der Waals surface area contributed by atoms with Crippen LogP contribution in [0.25, 0.3) is 0 Å². The van der Waals surface area contributed by atoms with Crippen molar-refractivity contribution in [1.82, 2.24) is 19.4 Å². The number of rotatable bonds is 9. The van der Waals surface area contributed by atoms with Crippen molar-refractivity contribution in [2.24, 2.45) is 5.41 Å². The van der Waals surface area contributed by atoms with Gasteiger partial charge in [0.1, 0.15) is 5.54 Å². The predicted octanol–water partition coefficient (Wildman–Crippen LogP) is 8.46. The molecule has 1 amide bonds. The monoisotopic (exact) mass is 612 g/mol. The highest BCUT2D eigenvalue weighted by Crippen LogP contribution is 2.44. The molecule has 0 spiro atoms. The van der Waals surface area contributed by atoms with Gasteiger partial charge in [-0.3, -0.25) is 9.80 Å². The summed E-state index contributed by atoms with van der Waals surface area (Å²) in [7, 11) is 0. The number of hydrogen-bond donors (Lipinski definition) is 1. The zero-order valence-corrected chi connectivity index (χ0v) is 27.0. The third kappa shape index (κ3) is 6.22. The Bertz CT molecular complexity index is 1590. The lowest BCUT2D eigenvalue weighted by atomic mass is 9.76. The van der Waals surface area contributed by atoms with Gasteiger partial charge in [0.05, 0.1) is 18.1 Å². The molecule has 2 heterocycles. The van der Waals surface area contributed by atoms with Crippen molar-refractivity contribution in [3.05, 3.63) is 162 Å². The minimum absolute atomic E-state index is 0.0963. The molecule has 1 aliphatic heterocycles. The molecule has 6 nitrogen and oxygen atoms in total. The molecule has 6 heteroatoms. The average Bonchev–Trinajstić information content (AvgIpc) is 3.55. The number of piperidine rings is 1. The first-order valence-electron chi connectivity index (χ1n) is 16.3. The maximum absolute atomic E-state index is 13.2. The first kappa shape index (κ1) is 31.3. The zero-order valence-electron chi connectivity index (χ0n) is 27.0. The van der Waals surface area contributed by atoms with Crippen molar-refractivity contribution in [1.29, 1.82) is 0 Å². The van der Waals surface area contributed by atoms with Gasteiger partial charge in [-0.25, -0.2) is 9.78 Å². The number of carbonyl (C=O) groups is 1. The van der Waals surface area contributed by atoms with E-state index in [4.69, 9.17) is 4.98 Å². The fourth-order valence-electron chi connectivity index (χ4n) is 7.33. The van der Waals surface area contributed by atoms with E-state index in [-0.39, 0.29) is 6.04 Å². The van der Waals surface area contributed by atoms with Gasteiger partial charge < -0.3 is 9.67 Å². The minimum atomic E-state index is -0.892.